The molecule has 4 nitrogen and oxygen atoms in total. The Hall–Kier alpha value is -2.27. The Morgan fingerprint density at radius 3 is 2.73 bits per heavy atom. The van der Waals surface area contributed by atoms with Crippen molar-refractivity contribution in [1.29, 1.82) is 0 Å². The number of oxazole rings is 1. The average Bonchev–Trinajstić information content (AvgIpc) is 2.87. The minimum atomic E-state index is -0.129. The molecule has 112 valence electrons. The van der Waals surface area contributed by atoms with Crippen molar-refractivity contribution in [2.24, 2.45) is 0 Å². The highest BCUT2D eigenvalue weighted by atomic mass is 32.2. The first-order valence-corrected chi connectivity index (χ1v) is 8.31. The fraction of sp³-hybridized carbons (Fsp3) is 0.176. The van der Waals surface area contributed by atoms with Crippen LogP contribution in [-0.2, 0) is 5.75 Å². The first-order chi connectivity index (χ1) is 10.7. The summed E-state index contributed by atoms with van der Waals surface area (Å²) >= 11 is 1.76. The van der Waals surface area contributed by atoms with E-state index >= 15 is 0 Å². The second kappa shape index (κ2) is 6.23. The number of aryl methyl sites for hydroxylation is 1. The van der Waals surface area contributed by atoms with Gasteiger partial charge in [0.1, 0.15) is 5.52 Å². The number of amides is 1. The minimum Gasteiger partial charge on any atom is -0.441 e. The zero-order valence-electron chi connectivity index (χ0n) is 12.4. The molecule has 0 fully saturated rings. The van der Waals surface area contributed by atoms with Crippen molar-refractivity contribution in [3.8, 4) is 0 Å². The van der Waals surface area contributed by atoms with Gasteiger partial charge in [-0.3, -0.25) is 4.79 Å². The molecule has 0 unspecified atom stereocenters. The summed E-state index contributed by atoms with van der Waals surface area (Å²) in [5, 5.41) is 2.89. The summed E-state index contributed by atoms with van der Waals surface area (Å²) < 4.78 is 5.42. The van der Waals surface area contributed by atoms with Crippen LogP contribution in [0.3, 0.4) is 0 Å². The van der Waals surface area contributed by atoms with E-state index in [4.69, 9.17) is 4.42 Å². The summed E-state index contributed by atoms with van der Waals surface area (Å²) in [4.78, 5) is 16.5. The Kier molecular flexibility index (Phi) is 4.15. The van der Waals surface area contributed by atoms with Crippen LogP contribution in [-0.4, -0.2) is 17.1 Å². The lowest BCUT2D eigenvalue weighted by Gasteiger charge is -2.06. The van der Waals surface area contributed by atoms with Crippen molar-refractivity contribution in [3.63, 3.8) is 0 Å². The summed E-state index contributed by atoms with van der Waals surface area (Å²) in [5.74, 6) is 1.43. The highest BCUT2D eigenvalue weighted by Crippen LogP contribution is 2.20. The first-order valence-electron chi connectivity index (χ1n) is 6.92. The van der Waals surface area contributed by atoms with Gasteiger partial charge in [-0.25, -0.2) is 4.98 Å². The summed E-state index contributed by atoms with van der Waals surface area (Å²) in [6.07, 6.45) is 2.06. The van der Waals surface area contributed by atoms with Crippen LogP contribution in [0.25, 0.3) is 11.1 Å². The first kappa shape index (κ1) is 14.7. The van der Waals surface area contributed by atoms with Crippen LogP contribution in [0, 0.1) is 6.92 Å². The number of hydrogen-bond acceptors (Lipinski definition) is 4. The number of benzene rings is 2. The highest BCUT2D eigenvalue weighted by Gasteiger charge is 2.08. The van der Waals surface area contributed by atoms with Crippen LogP contribution in [0.15, 0.2) is 46.9 Å². The SMILES string of the molecule is CSCc1ccc(C(=O)Nc2ccc3oc(C)nc3c2)cc1. The predicted octanol–water partition coefficient (Wildman–Crippen LogP) is 4.25. The standard InChI is InChI=1S/C17H16N2O2S/c1-11-18-15-9-14(7-8-16(15)21-11)19-17(20)13-5-3-12(4-6-13)10-22-2/h3-9H,10H2,1-2H3,(H,19,20). The lowest BCUT2D eigenvalue weighted by Crippen LogP contribution is -2.11. The van der Waals surface area contributed by atoms with Gasteiger partial charge in [0.2, 0.25) is 0 Å². The van der Waals surface area contributed by atoms with E-state index in [2.05, 4.69) is 16.6 Å². The zero-order valence-corrected chi connectivity index (χ0v) is 13.2. The van der Waals surface area contributed by atoms with Crippen molar-refractivity contribution in [2.45, 2.75) is 12.7 Å². The molecule has 0 radical (unpaired) electrons. The maximum Gasteiger partial charge on any atom is 0.255 e. The molecule has 1 amide bonds. The molecule has 0 bridgehead atoms. The molecule has 5 heteroatoms. The molecule has 3 rings (SSSR count). The maximum absolute atomic E-state index is 12.3. The molecule has 0 saturated carbocycles. The zero-order chi connectivity index (χ0) is 15.5. The topological polar surface area (TPSA) is 55.1 Å². The number of carbonyl (C=O) groups excluding carboxylic acids is 1. The van der Waals surface area contributed by atoms with Crippen LogP contribution in [0.2, 0.25) is 0 Å². The molecule has 0 saturated heterocycles. The number of anilines is 1. The lowest BCUT2D eigenvalue weighted by molar-refractivity contribution is 0.102. The van der Waals surface area contributed by atoms with Crippen LogP contribution in [0.1, 0.15) is 21.8 Å². The molecule has 1 N–H and O–H groups in total. The number of thioether (sulfide) groups is 1. The molecular formula is C17H16N2O2S. The molecule has 1 aromatic heterocycles. The van der Waals surface area contributed by atoms with Crippen LogP contribution >= 0.6 is 11.8 Å². The minimum absolute atomic E-state index is 0.129. The van der Waals surface area contributed by atoms with Gasteiger partial charge in [-0.1, -0.05) is 12.1 Å². The lowest BCUT2D eigenvalue weighted by atomic mass is 10.1. The molecule has 0 atom stereocenters. The quantitative estimate of drug-likeness (QED) is 0.782. The molecular weight excluding hydrogens is 296 g/mol. The van der Waals surface area contributed by atoms with Crippen LogP contribution in [0.4, 0.5) is 5.69 Å². The Labute approximate surface area is 132 Å². The van der Waals surface area contributed by atoms with Crippen molar-refractivity contribution in [3.05, 3.63) is 59.5 Å². The molecule has 3 aromatic rings. The normalized spacial score (nSPS) is 10.8. The van der Waals surface area contributed by atoms with Crippen molar-refractivity contribution in [2.75, 3.05) is 11.6 Å². The van der Waals surface area contributed by atoms with Gasteiger partial charge in [-0.2, -0.15) is 11.8 Å². The van der Waals surface area contributed by atoms with Crippen molar-refractivity contribution >= 4 is 34.5 Å². The van der Waals surface area contributed by atoms with E-state index in [1.54, 1.807) is 18.7 Å². The third kappa shape index (κ3) is 3.14. The summed E-state index contributed by atoms with van der Waals surface area (Å²) in [6, 6.07) is 13.1. The van der Waals surface area contributed by atoms with Crippen LogP contribution < -0.4 is 5.32 Å². The number of fused-ring (bicyclic) bond motifs is 1. The van der Waals surface area contributed by atoms with Crippen LogP contribution in [0.5, 0.6) is 0 Å². The Balaban J connectivity index is 1.76. The van der Waals surface area contributed by atoms with Gasteiger partial charge in [0.15, 0.2) is 11.5 Å². The van der Waals surface area contributed by atoms with E-state index in [1.807, 2.05) is 42.5 Å². The number of carbonyl (C=O) groups is 1. The van der Waals surface area contributed by atoms with E-state index in [0.29, 0.717) is 17.1 Å². The Morgan fingerprint density at radius 2 is 2.00 bits per heavy atom. The smallest absolute Gasteiger partial charge is 0.255 e. The second-order valence-electron chi connectivity index (χ2n) is 5.00. The number of rotatable bonds is 4. The predicted molar refractivity (Wildman–Crippen MR) is 90.4 cm³/mol. The molecule has 0 aliphatic rings. The second-order valence-corrected chi connectivity index (χ2v) is 5.87. The molecule has 0 aliphatic heterocycles. The van der Waals surface area contributed by atoms with E-state index in [9.17, 15) is 4.79 Å². The van der Waals surface area contributed by atoms with E-state index in [1.165, 1.54) is 5.56 Å². The monoisotopic (exact) mass is 312 g/mol. The highest BCUT2D eigenvalue weighted by molar-refractivity contribution is 7.97. The summed E-state index contributed by atoms with van der Waals surface area (Å²) in [7, 11) is 0. The van der Waals surface area contributed by atoms with Crippen molar-refractivity contribution in [1.82, 2.24) is 4.98 Å². The largest absolute Gasteiger partial charge is 0.441 e. The number of nitrogens with one attached hydrogen (secondary N) is 1. The molecule has 0 spiro atoms. The van der Waals surface area contributed by atoms with Gasteiger partial charge in [0.05, 0.1) is 0 Å². The Morgan fingerprint density at radius 1 is 1.23 bits per heavy atom. The summed E-state index contributed by atoms with van der Waals surface area (Å²) in [5.41, 5.74) is 4.02. The molecule has 22 heavy (non-hydrogen) atoms. The van der Waals surface area contributed by atoms with Gasteiger partial charge in [-0.15, -0.1) is 0 Å². The number of nitrogens with zero attached hydrogens (tertiary/aromatic N) is 1. The number of aromatic nitrogens is 1. The van der Waals surface area contributed by atoms with E-state index in [-0.39, 0.29) is 5.91 Å². The van der Waals surface area contributed by atoms with Gasteiger partial charge in [0, 0.05) is 23.9 Å². The van der Waals surface area contributed by atoms with Gasteiger partial charge in [0.25, 0.3) is 5.91 Å². The fourth-order valence-electron chi connectivity index (χ4n) is 2.24. The summed E-state index contributed by atoms with van der Waals surface area (Å²) in [6.45, 7) is 1.80. The number of hydrogen-bond donors (Lipinski definition) is 1. The van der Waals surface area contributed by atoms with Gasteiger partial charge >= 0.3 is 0 Å². The molecule has 2 aromatic carbocycles. The third-order valence-corrected chi connectivity index (χ3v) is 3.90. The van der Waals surface area contributed by atoms with Crippen molar-refractivity contribution < 1.29 is 9.21 Å². The average molecular weight is 312 g/mol. The van der Waals surface area contributed by atoms with Gasteiger partial charge < -0.3 is 9.73 Å². The van der Waals surface area contributed by atoms with E-state index < -0.39 is 0 Å². The van der Waals surface area contributed by atoms with Gasteiger partial charge in [-0.05, 0) is 42.2 Å². The van der Waals surface area contributed by atoms with E-state index in [0.717, 1.165) is 16.9 Å². The third-order valence-electron chi connectivity index (χ3n) is 3.28. The molecule has 1 heterocycles. The Bertz CT molecular complexity index is 809. The fourth-order valence-corrected chi connectivity index (χ4v) is 2.77. The maximum atomic E-state index is 12.3. The molecule has 0 aliphatic carbocycles.